The van der Waals surface area contributed by atoms with Crippen LogP contribution in [0.5, 0.6) is 0 Å². The molecule has 0 aromatic carbocycles. The van der Waals surface area contributed by atoms with Crippen LogP contribution in [0.3, 0.4) is 0 Å². The van der Waals surface area contributed by atoms with Crippen LogP contribution >= 0.6 is 0 Å². The van der Waals surface area contributed by atoms with Gasteiger partial charge in [-0.2, -0.15) is 5.43 Å². The molecule has 0 heterocycles. The summed E-state index contributed by atoms with van der Waals surface area (Å²) >= 11 is 0. The number of hydrazine groups is 1. The summed E-state index contributed by atoms with van der Waals surface area (Å²) in [5.41, 5.74) is 5.19. The van der Waals surface area contributed by atoms with Gasteiger partial charge in [0.05, 0.1) is 6.34 Å². The molecule has 0 saturated heterocycles. The first-order chi connectivity index (χ1) is 9.01. The molecule has 5 nitrogen and oxygen atoms in total. The number of ether oxygens (including phenoxy) is 1. The second-order valence-corrected chi connectivity index (χ2v) is 5.55. The van der Waals surface area contributed by atoms with Crippen molar-refractivity contribution in [1.29, 1.82) is 0 Å². The Balaban J connectivity index is 2.53. The fourth-order valence-corrected chi connectivity index (χ4v) is 2.09. The molecule has 0 bridgehead atoms. The summed E-state index contributed by atoms with van der Waals surface area (Å²) in [5, 5.41) is 0. The molecule has 0 aromatic rings. The molecule has 1 rings (SSSR count). The van der Waals surface area contributed by atoms with E-state index in [1.54, 1.807) is 13.4 Å². The lowest BCUT2D eigenvalue weighted by Gasteiger charge is -2.36. The van der Waals surface area contributed by atoms with Gasteiger partial charge in [-0.25, -0.2) is 0 Å². The van der Waals surface area contributed by atoms with E-state index in [0.717, 1.165) is 19.3 Å². The smallest absolute Gasteiger partial charge is 0.307 e. The fourth-order valence-electron chi connectivity index (χ4n) is 2.09. The number of nitrogens with zero attached hydrogens (tertiary/aromatic N) is 1. The maximum Gasteiger partial charge on any atom is 0.307 e. The SMILES string of the molecule is CCC(C)[C@](C)(NNC=NC)OC(=O)CC1CCC1. The maximum atomic E-state index is 12.0. The van der Waals surface area contributed by atoms with Gasteiger partial charge in [-0.3, -0.25) is 9.79 Å². The van der Waals surface area contributed by atoms with Crippen molar-refractivity contribution in [2.75, 3.05) is 7.05 Å². The molecule has 0 spiro atoms. The molecule has 1 aliphatic rings. The van der Waals surface area contributed by atoms with E-state index in [-0.39, 0.29) is 11.9 Å². The molecule has 0 radical (unpaired) electrons. The molecule has 0 aromatic heterocycles. The van der Waals surface area contributed by atoms with E-state index in [2.05, 4.69) is 29.7 Å². The van der Waals surface area contributed by atoms with Crippen LogP contribution in [-0.2, 0) is 9.53 Å². The molecule has 110 valence electrons. The van der Waals surface area contributed by atoms with Crippen LogP contribution in [0.1, 0.15) is 52.9 Å². The Bertz CT molecular complexity index is 316. The van der Waals surface area contributed by atoms with Gasteiger partial charge in [0, 0.05) is 19.4 Å². The number of hydrogen-bond donors (Lipinski definition) is 2. The van der Waals surface area contributed by atoms with Gasteiger partial charge in [-0.15, -0.1) is 0 Å². The van der Waals surface area contributed by atoms with Gasteiger partial charge in [0.2, 0.25) is 0 Å². The minimum Gasteiger partial charge on any atom is -0.442 e. The zero-order valence-corrected chi connectivity index (χ0v) is 12.5. The first-order valence-electron chi connectivity index (χ1n) is 7.17. The van der Waals surface area contributed by atoms with E-state index in [1.807, 2.05) is 6.92 Å². The molecule has 19 heavy (non-hydrogen) atoms. The molecular weight excluding hydrogens is 242 g/mol. The third-order valence-corrected chi connectivity index (χ3v) is 4.07. The normalized spacial score (nSPS) is 20.6. The number of nitrogens with one attached hydrogen (secondary N) is 2. The highest BCUT2D eigenvalue weighted by atomic mass is 16.6. The minimum absolute atomic E-state index is 0.116. The zero-order valence-electron chi connectivity index (χ0n) is 12.5. The first kappa shape index (κ1) is 16.0. The number of rotatable bonds is 8. The summed E-state index contributed by atoms with van der Waals surface area (Å²) in [7, 11) is 1.68. The topological polar surface area (TPSA) is 62.7 Å². The van der Waals surface area contributed by atoms with Crippen LogP contribution < -0.4 is 10.9 Å². The summed E-state index contributed by atoms with van der Waals surface area (Å²) in [6.45, 7) is 6.04. The highest BCUT2D eigenvalue weighted by molar-refractivity contribution is 5.70. The summed E-state index contributed by atoms with van der Waals surface area (Å²) < 4.78 is 5.67. The maximum absolute atomic E-state index is 12.0. The van der Waals surface area contributed by atoms with Crippen molar-refractivity contribution in [3.63, 3.8) is 0 Å². The van der Waals surface area contributed by atoms with Crippen molar-refractivity contribution in [2.24, 2.45) is 16.8 Å². The Morgan fingerprint density at radius 2 is 2.26 bits per heavy atom. The summed E-state index contributed by atoms with van der Waals surface area (Å²) in [6.07, 6.45) is 6.56. The number of hydrogen-bond acceptors (Lipinski definition) is 4. The first-order valence-corrected chi connectivity index (χ1v) is 7.17. The predicted octanol–water partition coefficient (Wildman–Crippen LogP) is 2.23. The Morgan fingerprint density at radius 3 is 2.74 bits per heavy atom. The lowest BCUT2D eigenvalue weighted by atomic mass is 9.83. The van der Waals surface area contributed by atoms with E-state index >= 15 is 0 Å². The molecule has 1 unspecified atom stereocenters. The van der Waals surface area contributed by atoms with E-state index in [1.165, 1.54) is 6.42 Å². The second kappa shape index (κ2) is 7.48. The van der Waals surface area contributed by atoms with Crippen molar-refractivity contribution in [3.8, 4) is 0 Å². The summed E-state index contributed by atoms with van der Waals surface area (Å²) in [4.78, 5) is 15.8. The Labute approximate surface area is 116 Å². The highest BCUT2D eigenvalue weighted by Crippen LogP contribution is 2.31. The lowest BCUT2D eigenvalue weighted by Crippen LogP contribution is -2.56. The van der Waals surface area contributed by atoms with Crippen LogP contribution in [0.15, 0.2) is 4.99 Å². The molecular formula is C14H27N3O2. The van der Waals surface area contributed by atoms with Crippen molar-refractivity contribution >= 4 is 12.3 Å². The molecule has 2 N–H and O–H groups in total. The van der Waals surface area contributed by atoms with Gasteiger partial charge in [-0.05, 0) is 32.1 Å². The third-order valence-electron chi connectivity index (χ3n) is 4.07. The van der Waals surface area contributed by atoms with Crippen molar-refractivity contribution in [2.45, 2.75) is 58.6 Å². The number of esters is 1. The summed E-state index contributed by atoms with van der Waals surface area (Å²) in [6, 6.07) is 0. The van der Waals surface area contributed by atoms with E-state index < -0.39 is 5.72 Å². The van der Waals surface area contributed by atoms with E-state index in [4.69, 9.17) is 4.74 Å². The largest absolute Gasteiger partial charge is 0.442 e. The van der Waals surface area contributed by atoms with Gasteiger partial charge >= 0.3 is 5.97 Å². The number of carbonyl (C=O) groups is 1. The van der Waals surface area contributed by atoms with Gasteiger partial charge in [0.1, 0.15) is 0 Å². The Hall–Kier alpha value is -1.10. The molecule has 0 aliphatic heterocycles. The van der Waals surface area contributed by atoms with Gasteiger partial charge in [0.25, 0.3) is 0 Å². The monoisotopic (exact) mass is 269 g/mol. The molecule has 1 aliphatic carbocycles. The standard InChI is InChI=1S/C14H27N3O2/c1-5-11(2)14(3,17-16-10-15-4)19-13(18)9-12-7-6-8-12/h10-12,17H,5-9H2,1-4H3,(H,15,16)/t11?,14-/m1/s1. The van der Waals surface area contributed by atoms with Crippen LogP contribution in [0.2, 0.25) is 0 Å². The lowest BCUT2D eigenvalue weighted by molar-refractivity contribution is -0.171. The molecule has 1 saturated carbocycles. The Morgan fingerprint density at radius 1 is 1.58 bits per heavy atom. The highest BCUT2D eigenvalue weighted by Gasteiger charge is 2.35. The third kappa shape index (κ3) is 4.82. The number of carbonyl (C=O) groups excluding carboxylic acids is 1. The molecule has 2 atom stereocenters. The van der Waals surface area contributed by atoms with Gasteiger partial charge in [0.15, 0.2) is 5.72 Å². The molecule has 5 heteroatoms. The van der Waals surface area contributed by atoms with Gasteiger partial charge in [-0.1, -0.05) is 20.3 Å². The quantitative estimate of drug-likeness (QED) is 0.233. The van der Waals surface area contributed by atoms with Gasteiger partial charge < -0.3 is 10.2 Å². The van der Waals surface area contributed by atoms with E-state index in [9.17, 15) is 4.79 Å². The van der Waals surface area contributed by atoms with E-state index in [0.29, 0.717) is 12.3 Å². The number of aliphatic imine (C=N–C) groups is 1. The van der Waals surface area contributed by atoms with Crippen molar-refractivity contribution in [3.05, 3.63) is 0 Å². The zero-order chi connectivity index (χ0) is 14.3. The summed E-state index contributed by atoms with van der Waals surface area (Å²) in [5.74, 6) is 0.615. The van der Waals surface area contributed by atoms with Crippen molar-refractivity contribution in [1.82, 2.24) is 10.9 Å². The predicted molar refractivity (Wildman–Crippen MR) is 76.6 cm³/mol. The van der Waals surface area contributed by atoms with Crippen molar-refractivity contribution < 1.29 is 9.53 Å². The second-order valence-electron chi connectivity index (χ2n) is 5.55. The fraction of sp³-hybridized carbons (Fsp3) is 0.857. The molecule has 0 amide bonds. The van der Waals surface area contributed by atoms with Crippen LogP contribution in [0.4, 0.5) is 0 Å². The molecule has 1 fully saturated rings. The van der Waals surface area contributed by atoms with Crippen LogP contribution in [0, 0.1) is 11.8 Å². The van der Waals surface area contributed by atoms with Crippen LogP contribution in [0.25, 0.3) is 0 Å². The minimum atomic E-state index is -0.712. The average Bonchev–Trinajstić information content (AvgIpc) is 2.33. The Kier molecular flexibility index (Phi) is 6.28. The van der Waals surface area contributed by atoms with Crippen LogP contribution in [-0.4, -0.2) is 25.1 Å². The average molecular weight is 269 g/mol.